The second kappa shape index (κ2) is 10.6. The van der Waals surface area contributed by atoms with Gasteiger partial charge < -0.3 is 10.6 Å². The Morgan fingerprint density at radius 2 is 2.13 bits per heavy atom. The van der Waals surface area contributed by atoms with Gasteiger partial charge in [0, 0.05) is 12.6 Å². The van der Waals surface area contributed by atoms with Crippen LogP contribution < -0.4 is 10.6 Å². The van der Waals surface area contributed by atoms with E-state index < -0.39 is 0 Å². The molecule has 0 fully saturated rings. The monoisotopic (exact) mass is 248 g/mol. The van der Waals surface area contributed by atoms with E-state index in [0.717, 1.165) is 11.7 Å². The Bertz CT molecular complexity index is 163. The summed E-state index contributed by atoms with van der Waals surface area (Å²) in [6.07, 6.45) is 3.56. The molecule has 90 valence electrons. The molecule has 0 rings (SSSR count). The van der Waals surface area contributed by atoms with Gasteiger partial charge in [-0.3, -0.25) is 0 Å². The van der Waals surface area contributed by atoms with Crippen molar-refractivity contribution in [2.24, 2.45) is 0 Å². The van der Waals surface area contributed by atoms with Crippen molar-refractivity contribution in [2.75, 3.05) is 18.1 Å². The molecule has 0 aliphatic carbocycles. The molecule has 0 heterocycles. The molecular weight excluding hydrogens is 224 g/mol. The van der Waals surface area contributed by atoms with Gasteiger partial charge in [-0.15, -0.1) is 0 Å². The average Bonchev–Trinajstić information content (AvgIpc) is 2.18. The zero-order valence-corrected chi connectivity index (χ0v) is 11.8. The summed E-state index contributed by atoms with van der Waals surface area (Å²) in [5.74, 6) is 2.41. The third kappa shape index (κ3) is 10.3. The van der Waals surface area contributed by atoms with Crippen LogP contribution in [0.3, 0.4) is 0 Å². The Kier molecular flexibility index (Phi) is 10.6. The van der Waals surface area contributed by atoms with Gasteiger partial charge >= 0.3 is 0 Å². The molecule has 0 saturated heterocycles. The van der Waals surface area contributed by atoms with Crippen LogP contribution in [0.1, 0.15) is 40.0 Å². The van der Waals surface area contributed by atoms with Crippen molar-refractivity contribution in [3.05, 3.63) is 0 Å². The minimum absolute atomic E-state index is 0.477. The van der Waals surface area contributed by atoms with Crippen molar-refractivity contribution in [3.63, 3.8) is 0 Å². The second-order valence-electron chi connectivity index (χ2n) is 3.64. The number of hydrogen-bond donors (Lipinski definition) is 2. The molecule has 0 aliphatic heterocycles. The second-order valence-corrected chi connectivity index (χ2v) is 5.44. The highest BCUT2D eigenvalue weighted by atomic mass is 32.2. The number of thiocarbonyl (C=S) groups is 1. The van der Waals surface area contributed by atoms with Gasteiger partial charge in [0.1, 0.15) is 0 Å². The Morgan fingerprint density at radius 1 is 1.40 bits per heavy atom. The van der Waals surface area contributed by atoms with E-state index in [2.05, 4.69) is 31.4 Å². The first-order valence-corrected chi connectivity index (χ1v) is 7.39. The molecule has 15 heavy (non-hydrogen) atoms. The summed E-state index contributed by atoms with van der Waals surface area (Å²) in [4.78, 5) is 0. The van der Waals surface area contributed by atoms with E-state index in [-0.39, 0.29) is 0 Å². The first-order valence-electron chi connectivity index (χ1n) is 5.82. The summed E-state index contributed by atoms with van der Waals surface area (Å²) in [5, 5.41) is 7.33. The molecule has 1 atom stereocenters. The Balaban J connectivity index is 3.40. The highest BCUT2D eigenvalue weighted by Gasteiger charge is 2.02. The molecule has 0 bridgehead atoms. The highest BCUT2D eigenvalue weighted by molar-refractivity contribution is 7.99. The molecular formula is C11H24N2S2. The van der Waals surface area contributed by atoms with E-state index in [0.29, 0.717) is 6.04 Å². The van der Waals surface area contributed by atoms with Gasteiger partial charge in [0.2, 0.25) is 0 Å². The lowest BCUT2D eigenvalue weighted by atomic mass is 10.3. The van der Waals surface area contributed by atoms with E-state index in [1.54, 1.807) is 0 Å². The Morgan fingerprint density at radius 3 is 2.73 bits per heavy atom. The molecule has 1 unspecified atom stereocenters. The standard InChI is InChI=1S/C11H24N2S2/c1-4-6-8-12-11(14)13-10(3)7-9-15-5-2/h10H,4-9H2,1-3H3,(H2,12,13,14). The molecule has 4 heteroatoms. The van der Waals surface area contributed by atoms with Crippen LogP contribution in [-0.4, -0.2) is 29.2 Å². The van der Waals surface area contributed by atoms with Crippen molar-refractivity contribution < 1.29 is 0 Å². The summed E-state index contributed by atoms with van der Waals surface area (Å²) in [5.41, 5.74) is 0. The highest BCUT2D eigenvalue weighted by Crippen LogP contribution is 2.03. The molecule has 2 nitrogen and oxygen atoms in total. The van der Waals surface area contributed by atoms with Crippen LogP contribution >= 0.6 is 24.0 Å². The van der Waals surface area contributed by atoms with Gasteiger partial charge in [-0.05, 0) is 43.5 Å². The molecule has 0 amide bonds. The van der Waals surface area contributed by atoms with Crippen LogP contribution in [0, 0.1) is 0 Å². The normalized spacial score (nSPS) is 12.2. The van der Waals surface area contributed by atoms with Crippen molar-refractivity contribution in [1.82, 2.24) is 10.6 Å². The van der Waals surface area contributed by atoms with E-state index >= 15 is 0 Å². The average molecular weight is 248 g/mol. The Labute approximate surface area is 104 Å². The van der Waals surface area contributed by atoms with Crippen molar-refractivity contribution in [3.8, 4) is 0 Å². The smallest absolute Gasteiger partial charge is 0.166 e. The lowest BCUT2D eigenvalue weighted by molar-refractivity contribution is 0.632. The summed E-state index contributed by atoms with van der Waals surface area (Å²) in [6, 6.07) is 0.477. The zero-order valence-electron chi connectivity index (χ0n) is 10.1. The number of nitrogens with one attached hydrogen (secondary N) is 2. The fourth-order valence-electron chi connectivity index (χ4n) is 1.13. The van der Waals surface area contributed by atoms with E-state index in [4.69, 9.17) is 12.2 Å². The molecule has 2 N–H and O–H groups in total. The summed E-state index contributed by atoms with van der Waals surface area (Å²) in [7, 11) is 0. The molecule has 0 aromatic carbocycles. The number of unbranched alkanes of at least 4 members (excludes halogenated alkanes) is 1. The van der Waals surface area contributed by atoms with Gasteiger partial charge in [0.25, 0.3) is 0 Å². The van der Waals surface area contributed by atoms with Crippen LogP contribution in [0.4, 0.5) is 0 Å². The molecule has 0 aromatic heterocycles. The molecule has 0 saturated carbocycles. The number of rotatable bonds is 8. The van der Waals surface area contributed by atoms with Crippen LogP contribution in [0.25, 0.3) is 0 Å². The van der Waals surface area contributed by atoms with E-state index in [1.807, 2.05) is 11.8 Å². The van der Waals surface area contributed by atoms with Crippen LogP contribution in [0.2, 0.25) is 0 Å². The number of thioether (sulfide) groups is 1. The third-order valence-electron chi connectivity index (χ3n) is 2.09. The van der Waals surface area contributed by atoms with Gasteiger partial charge in [0.15, 0.2) is 5.11 Å². The minimum Gasteiger partial charge on any atom is -0.363 e. The quantitative estimate of drug-likeness (QED) is 0.509. The topological polar surface area (TPSA) is 24.1 Å². The fraction of sp³-hybridized carbons (Fsp3) is 0.909. The fourth-order valence-corrected chi connectivity index (χ4v) is 2.24. The molecule has 0 aromatic rings. The molecule has 0 spiro atoms. The maximum atomic E-state index is 5.19. The lowest BCUT2D eigenvalue weighted by Gasteiger charge is -2.16. The van der Waals surface area contributed by atoms with Gasteiger partial charge in [-0.1, -0.05) is 20.3 Å². The predicted octanol–water partition coefficient (Wildman–Crippen LogP) is 2.78. The van der Waals surface area contributed by atoms with E-state index in [1.165, 1.54) is 30.8 Å². The SMILES string of the molecule is CCCCNC(=S)NC(C)CCSCC. The van der Waals surface area contributed by atoms with Crippen LogP contribution in [0.15, 0.2) is 0 Å². The lowest BCUT2D eigenvalue weighted by Crippen LogP contribution is -2.41. The maximum absolute atomic E-state index is 5.19. The number of hydrogen-bond acceptors (Lipinski definition) is 2. The minimum atomic E-state index is 0.477. The largest absolute Gasteiger partial charge is 0.363 e. The summed E-state index contributed by atoms with van der Waals surface area (Å²) in [6.45, 7) is 7.55. The van der Waals surface area contributed by atoms with Gasteiger partial charge in [-0.25, -0.2) is 0 Å². The van der Waals surface area contributed by atoms with Gasteiger partial charge in [-0.2, -0.15) is 11.8 Å². The van der Waals surface area contributed by atoms with Crippen LogP contribution in [-0.2, 0) is 0 Å². The summed E-state index contributed by atoms with van der Waals surface area (Å²) < 4.78 is 0. The van der Waals surface area contributed by atoms with Crippen molar-refractivity contribution in [1.29, 1.82) is 0 Å². The first-order chi connectivity index (χ1) is 7.20. The molecule has 0 aliphatic rings. The van der Waals surface area contributed by atoms with Crippen molar-refractivity contribution in [2.45, 2.75) is 46.1 Å². The predicted molar refractivity (Wildman–Crippen MR) is 75.7 cm³/mol. The Hall–Kier alpha value is 0.0400. The molecule has 0 radical (unpaired) electrons. The van der Waals surface area contributed by atoms with E-state index in [9.17, 15) is 0 Å². The van der Waals surface area contributed by atoms with Crippen LogP contribution in [0.5, 0.6) is 0 Å². The first kappa shape index (κ1) is 15.0. The third-order valence-corrected chi connectivity index (χ3v) is 3.29. The maximum Gasteiger partial charge on any atom is 0.166 e. The van der Waals surface area contributed by atoms with Crippen molar-refractivity contribution >= 4 is 29.1 Å². The zero-order chi connectivity index (χ0) is 11.5. The summed E-state index contributed by atoms with van der Waals surface area (Å²) >= 11 is 7.17. The van der Waals surface area contributed by atoms with Gasteiger partial charge in [0.05, 0.1) is 0 Å².